The van der Waals surface area contributed by atoms with E-state index in [2.05, 4.69) is 5.32 Å². The van der Waals surface area contributed by atoms with Gasteiger partial charge in [-0.25, -0.2) is 0 Å². The standard InChI is InChI=1S/C10H9Cl3N2O4/c1-2-19-6-3-4-7(8(5-6)15(17)18)14-9(16)10(11,12)13/h3-5H,2H2,1H3,(H,14,16). The van der Waals surface area contributed by atoms with Crippen LogP contribution in [-0.4, -0.2) is 21.2 Å². The maximum Gasteiger partial charge on any atom is 0.296 e. The summed E-state index contributed by atoms with van der Waals surface area (Å²) in [4.78, 5) is 21.7. The van der Waals surface area contributed by atoms with Crippen molar-refractivity contribution in [1.82, 2.24) is 0 Å². The minimum atomic E-state index is -2.20. The van der Waals surface area contributed by atoms with E-state index in [1.165, 1.54) is 18.2 Å². The maximum atomic E-state index is 11.5. The molecular formula is C10H9Cl3N2O4. The summed E-state index contributed by atoms with van der Waals surface area (Å²) >= 11 is 16.1. The van der Waals surface area contributed by atoms with E-state index in [1.807, 2.05) is 0 Å². The lowest BCUT2D eigenvalue weighted by molar-refractivity contribution is -0.384. The number of nitrogens with zero attached hydrogens (tertiary/aromatic N) is 1. The highest BCUT2D eigenvalue weighted by molar-refractivity contribution is 6.76. The number of nitro benzene ring substituents is 1. The number of amides is 1. The number of hydrogen-bond donors (Lipinski definition) is 1. The predicted octanol–water partition coefficient (Wildman–Crippen LogP) is 3.30. The van der Waals surface area contributed by atoms with Gasteiger partial charge in [0, 0.05) is 0 Å². The third kappa shape index (κ3) is 4.41. The van der Waals surface area contributed by atoms with Gasteiger partial charge in [0.25, 0.3) is 15.4 Å². The Morgan fingerprint density at radius 2 is 2.11 bits per heavy atom. The van der Waals surface area contributed by atoms with Crippen LogP contribution in [0.15, 0.2) is 18.2 Å². The van der Waals surface area contributed by atoms with Crippen molar-refractivity contribution in [1.29, 1.82) is 0 Å². The molecule has 104 valence electrons. The number of anilines is 1. The topological polar surface area (TPSA) is 81.5 Å². The highest BCUT2D eigenvalue weighted by atomic mass is 35.6. The number of halogens is 3. The van der Waals surface area contributed by atoms with E-state index in [0.29, 0.717) is 12.4 Å². The molecule has 1 aromatic rings. The van der Waals surface area contributed by atoms with E-state index in [-0.39, 0.29) is 11.4 Å². The van der Waals surface area contributed by atoms with Gasteiger partial charge in [0.1, 0.15) is 11.4 Å². The van der Waals surface area contributed by atoms with Gasteiger partial charge < -0.3 is 10.1 Å². The van der Waals surface area contributed by atoms with Crippen molar-refractivity contribution in [2.24, 2.45) is 0 Å². The number of ether oxygens (including phenoxy) is 1. The lowest BCUT2D eigenvalue weighted by atomic mass is 10.2. The molecule has 6 nitrogen and oxygen atoms in total. The number of nitro groups is 1. The summed E-state index contributed by atoms with van der Waals surface area (Å²) in [6.45, 7) is 2.10. The summed E-state index contributed by atoms with van der Waals surface area (Å²) < 4.78 is 2.93. The van der Waals surface area contributed by atoms with E-state index >= 15 is 0 Å². The quantitative estimate of drug-likeness (QED) is 0.522. The predicted molar refractivity (Wildman–Crippen MR) is 73.2 cm³/mol. The van der Waals surface area contributed by atoms with E-state index in [1.54, 1.807) is 6.92 Å². The Labute approximate surface area is 123 Å². The molecule has 0 unspecified atom stereocenters. The first-order chi connectivity index (χ1) is 8.75. The monoisotopic (exact) mass is 326 g/mol. The molecule has 1 N–H and O–H groups in total. The average Bonchev–Trinajstić information content (AvgIpc) is 2.29. The van der Waals surface area contributed by atoms with Gasteiger partial charge in [-0.05, 0) is 19.1 Å². The number of nitrogens with one attached hydrogen (secondary N) is 1. The van der Waals surface area contributed by atoms with Crippen molar-refractivity contribution < 1.29 is 14.5 Å². The minimum Gasteiger partial charge on any atom is -0.494 e. The number of carbonyl (C=O) groups is 1. The van der Waals surface area contributed by atoms with Crippen molar-refractivity contribution >= 4 is 52.1 Å². The van der Waals surface area contributed by atoms with Gasteiger partial charge >= 0.3 is 0 Å². The first kappa shape index (κ1) is 15.8. The summed E-state index contributed by atoms with van der Waals surface area (Å²) in [5.74, 6) is -0.675. The highest BCUT2D eigenvalue weighted by Crippen LogP contribution is 2.32. The SMILES string of the molecule is CCOc1ccc(NC(=O)C(Cl)(Cl)Cl)c([N+](=O)[O-])c1. The summed E-state index contributed by atoms with van der Waals surface area (Å²) in [6, 6.07) is 3.94. The molecule has 1 aromatic carbocycles. The molecule has 0 saturated heterocycles. The third-order valence-electron chi connectivity index (χ3n) is 1.98. The van der Waals surface area contributed by atoms with Crippen LogP contribution in [0.4, 0.5) is 11.4 Å². The van der Waals surface area contributed by atoms with Crippen molar-refractivity contribution in [2.45, 2.75) is 10.7 Å². The fourth-order valence-electron chi connectivity index (χ4n) is 1.22. The van der Waals surface area contributed by atoms with Crippen LogP contribution in [0.5, 0.6) is 5.75 Å². The molecule has 0 atom stereocenters. The van der Waals surface area contributed by atoms with Crippen molar-refractivity contribution in [3.63, 3.8) is 0 Å². The molecule has 1 amide bonds. The van der Waals surface area contributed by atoms with Crippen LogP contribution < -0.4 is 10.1 Å². The number of hydrogen-bond acceptors (Lipinski definition) is 4. The van der Waals surface area contributed by atoms with Crippen LogP contribution in [-0.2, 0) is 4.79 Å². The van der Waals surface area contributed by atoms with Gasteiger partial charge in [0.05, 0.1) is 17.6 Å². The summed E-state index contributed by atoms with van der Waals surface area (Å²) in [5, 5.41) is 13.1. The van der Waals surface area contributed by atoms with Crippen molar-refractivity contribution in [3.8, 4) is 5.75 Å². The molecule has 1 rings (SSSR count). The molecule has 0 heterocycles. The molecule has 19 heavy (non-hydrogen) atoms. The number of benzene rings is 1. The Bertz CT molecular complexity index is 502. The van der Waals surface area contributed by atoms with Crippen molar-refractivity contribution in [3.05, 3.63) is 28.3 Å². The Kier molecular flexibility index (Phi) is 5.22. The molecule has 0 radical (unpaired) electrons. The zero-order valence-electron chi connectivity index (χ0n) is 9.65. The van der Waals surface area contributed by atoms with Crippen LogP contribution in [0.25, 0.3) is 0 Å². The Balaban J connectivity index is 3.07. The van der Waals surface area contributed by atoms with Gasteiger partial charge in [-0.2, -0.15) is 0 Å². The molecule has 0 bridgehead atoms. The Hall–Kier alpha value is -1.24. The van der Waals surface area contributed by atoms with E-state index in [0.717, 1.165) is 0 Å². The van der Waals surface area contributed by atoms with Crippen LogP contribution in [0, 0.1) is 10.1 Å². The molecule has 0 fully saturated rings. The van der Waals surface area contributed by atoms with E-state index < -0.39 is 14.6 Å². The second kappa shape index (κ2) is 6.27. The smallest absolute Gasteiger partial charge is 0.296 e. The minimum absolute atomic E-state index is 0.0789. The van der Waals surface area contributed by atoms with Crippen LogP contribution in [0.2, 0.25) is 0 Å². The van der Waals surface area contributed by atoms with Crippen LogP contribution >= 0.6 is 34.8 Å². The second-order valence-electron chi connectivity index (χ2n) is 3.32. The molecular weight excluding hydrogens is 318 g/mol. The van der Waals surface area contributed by atoms with Crippen LogP contribution in [0.3, 0.4) is 0 Å². The molecule has 0 aliphatic rings. The van der Waals surface area contributed by atoms with Gasteiger partial charge in [-0.3, -0.25) is 14.9 Å². The largest absolute Gasteiger partial charge is 0.494 e. The summed E-state index contributed by atoms with van der Waals surface area (Å²) in [7, 11) is 0. The molecule has 0 aliphatic carbocycles. The number of rotatable bonds is 4. The van der Waals surface area contributed by atoms with Crippen LogP contribution in [0.1, 0.15) is 6.92 Å². The Morgan fingerprint density at radius 1 is 1.47 bits per heavy atom. The third-order valence-corrected chi connectivity index (χ3v) is 2.50. The molecule has 0 aliphatic heterocycles. The summed E-state index contributed by atoms with van der Waals surface area (Å²) in [5.41, 5.74) is -0.432. The van der Waals surface area contributed by atoms with Gasteiger partial charge in [0.2, 0.25) is 0 Å². The normalized spacial score (nSPS) is 10.9. The van der Waals surface area contributed by atoms with E-state index in [4.69, 9.17) is 39.5 Å². The Morgan fingerprint density at radius 3 is 2.58 bits per heavy atom. The van der Waals surface area contributed by atoms with Gasteiger partial charge in [-0.15, -0.1) is 0 Å². The number of alkyl halides is 3. The van der Waals surface area contributed by atoms with Crippen molar-refractivity contribution in [2.75, 3.05) is 11.9 Å². The second-order valence-corrected chi connectivity index (χ2v) is 5.60. The first-order valence-corrected chi connectivity index (χ1v) is 6.18. The summed E-state index contributed by atoms with van der Waals surface area (Å²) in [6.07, 6.45) is 0. The fraction of sp³-hybridized carbons (Fsp3) is 0.300. The average molecular weight is 328 g/mol. The molecule has 0 aromatic heterocycles. The lowest BCUT2D eigenvalue weighted by Gasteiger charge is -2.12. The zero-order chi connectivity index (χ0) is 14.6. The molecule has 0 spiro atoms. The first-order valence-electron chi connectivity index (χ1n) is 5.05. The zero-order valence-corrected chi connectivity index (χ0v) is 11.9. The van der Waals surface area contributed by atoms with Gasteiger partial charge in [0.15, 0.2) is 0 Å². The lowest BCUT2D eigenvalue weighted by Crippen LogP contribution is -2.27. The van der Waals surface area contributed by atoms with Gasteiger partial charge in [-0.1, -0.05) is 34.8 Å². The highest BCUT2D eigenvalue weighted by Gasteiger charge is 2.32. The number of carbonyl (C=O) groups excluding carboxylic acids is 1. The van der Waals surface area contributed by atoms with E-state index in [9.17, 15) is 14.9 Å². The fourth-order valence-corrected chi connectivity index (χ4v) is 1.36. The molecule has 9 heteroatoms. The molecule has 0 saturated carbocycles. The maximum absolute atomic E-state index is 11.5.